The van der Waals surface area contributed by atoms with Crippen molar-refractivity contribution in [1.82, 2.24) is 10.7 Å². The summed E-state index contributed by atoms with van der Waals surface area (Å²) in [6.45, 7) is 3.63. The number of hydrogen-bond acceptors (Lipinski definition) is 3. The average molecular weight is 356 g/mol. The van der Waals surface area contributed by atoms with Crippen molar-refractivity contribution in [3.05, 3.63) is 65.7 Å². The van der Waals surface area contributed by atoms with Crippen molar-refractivity contribution in [3.8, 4) is 5.75 Å². The van der Waals surface area contributed by atoms with Gasteiger partial charge in [-0.25, -0.2) is 0 Å². The zero-order chi connectivity index (χ0) is 17.7. The number of unbranched alkanes of at least 4 members (excludes halogenated alkanes) is 2. The van der Waals surface area contributed by atoms with E-state index in [0.29, 0.717) is 11.7 Å². The second-order valence-corrected chi connectivity index (χ2v) is 6.07. The van der Waals surface area contributed by atoms with Gasteiger partial charge >= 0.3 is 0 Å². The molecule has 5 heteroatoms. The topological polar surface area (TPSA) is 45.6 Å². The largest absolute Gasteiger partial charge is 0.494 e. The Bertz CT molecular complexity index is 656. The molecule has 0 heterocycles. The number of hydrogen-bond donors (Lipinski definition) is 2. The first-order valence-corrected chi connectivity index (χ1v) is 9.02. The molecule has 0 aliphatic carbocycles. The Morgan fingerprint density at radius 3 is 2.56 bits per heavy atom. The Balaban J connectivity index is 1.69. The van der Waals surface area contributed by atoms with E-state index in [1.54, 1.807) is 6.21 Å². The Morgan fingerprint density at radius 1 is 1.08 bits per heavy atom. The lowest BCUT2D eigenvalue weighted by molar-refractivity contribution is 0.306. The van der Waals surface area contributed by atoms with E-state index in [0.717, 1.165) is 24.3 Å². The molecule has 25 heavy (non-hydrogen) atoms. The van der Waals surface area contributed by atoms with Gasteiger partial charge in [0.15, 0.2) is 5.11 Å². The fourth-order valence-corrected chi connectivity index (χ4v) is 2.30. The third kappa shape index (κ3) is 7.81. The predicted octanol–water partition coefficient (Wildman–Crippen LogP) is 4.25. The summed E-state index contributed by atoms with van der Waals surface area (Å²) in [5.74, 6) is 0.890. The van der Waals surface area contributed by atoms with Crippen molar-refractivity contribution in [2.24, 2.45) is 5.10 Å². The summed E-state index contributed by atoms with van der Waals surface area (Å²) in [4.78, 5) is 0. The van der Waals surface area contributed by atoms with E-state index in [1.165, 1.54) is 18.4 Å². The van der Waals surface area contributed by atoms with E-state index in [2.05, 4.69) is 22.8 Å². The molecule has 0 fully saturated rings. The van der Waals surface area contributed by atoms with Crippen LogP contribution in [0.3, 0.4) is 0 Å². The van der Waals surface area contributed by atoms with Crippen LogP contribution < -0.4 is 15.5 Å². The third-order valence-electron chi connectivity index (χ3n) is 3.57. The normalized spacial score (nSPS) is 10.6. The summed E-state index contributed by atoms with van der Waals surface area (Å²) < 4.78 is 5.69. The van der Waals surface area contributed by atoms with E-state index >= 15 is 0 Å². The molecule has 2 rings (SSSR count). The maximum atomic E-state index is 5.69. The lowest BCUT2D eigenvalue weighted by Gasteiger charge is -2.07. The lowest BCUT2D eigenvalue weighted by Crippen LogP contribution is -2.31. The van der Waals surface area contributed by atoms with Crippen LogP contribution in [0.4, 0.5) is 0 Å². The molecule has 0 spiro atoms. The van der Waals surface area contributed by atoms with Crippen molar-refractivity contribution in [2.45, 2.75) is 32.7 Å². The first kappa shape index (κ1) is 18.9. The second kappa shape index (κ2) is 11.2. The molecule has 0 aliphatic heterocycles. The number of nitrogens with zero attached hydrogens (tertiary/aromatic N) is 1. The van der Waals surface area contributed by atoms with Crippen LogP contribution in [0.5, 0.6) is 5.75 Å². The van der Waals surface area contributed by atoms with E-state index < -0.39 is 0 Å². The van der Waals surface area contributed by atoms with Crippen LogP contribution in [0.25, 0.3) is 0 Å². The average Bonchev–Trinajstić information content (AvgIpc) is 2.66. The number of thiocarbonyl (C=S) groups is 1. The quantitative estimate of drug-likeness (QED) is 0.305. The van der Waals surface area contributed by atoms with Crippen molar-refractivity contribution < 1.29 is 4.74 Å². The number of nitrogens with one attached hydrogen (secondary N) is 2. The van der Waals surface area contributed by atoms with Crippen LogP contribution in [0.1, 0.15) is 37.3 Å². The highest BCUT2D eigenvalue weighted by atomic mass is 32.1. The Labute approximate surface area is 155 Å². The van der Waals surface area contributed by atoms with Crippen molar-refractivity contribution in [3.63, 3.8) is 0 Å². The minimum absolute atomic E-state index is 0.496. The van der Waals surface area contributed by atoms with Gasteiger partial charge in [-0.3, -0.25) is 5.43 Å². The van der Waals surface area contributed by atoms with Gasteiger partial charge in [-0.05, 0) is 54.0 Å². The molecule has 2 aromatic rings. The molecule has 0 bridgehead atoms. The highest BCUT2D eigenvalue weighted by Crippen LogP contribution is 2.11. The molecule has 0 atom stereocenters. The zero-order valence-corrected chi connectivity index (χ0v) is 15.4. The van der Waals surface area contributed by atoms with Gasteiger partial charge in [0.05, 0.1) is 12.8 Å². The van der Waals surface area contributed by atoms with Gasteiger partial charge in [-0.2, -0.15) is 5.10 Å². The molecule has 0 saturated heterocycles. The Hall–Kier alpha value is -2.40. The van der Waals surface area contributed by atoms with Crippen molar-refractivity contribution >= 4 is 23.5 Å². The summed E-state index contributed by atoms with van der Waals surface area (Å²) in [7, 11) is 0. The molecule has 2 N–H and O–H groups in total. The summed E-state index contributed by atoms with van der Waals surface area (Å²) >= 11 is 5.20. The molecule has 132 valence electrons. The first-order valence-electron chi connectivity index (χ1n) is 8.61. The first-order chi connectivity index (χ1) is 12.3. The fourth-order valence-electron chi connectivity index (χ4n) is 2.18. The maximum Gasteiger partial charge on any atom is 0.187 e. The molecule has 0 aromatic heterocycles. The zero-order valence-electron chi connectivity index (χ0n) is 14.6. The van der Waals surface area contributed by atoms with Crippen LogP contribution in [0.2, 0.25) is 0 Å². The lowest BCUT2D eigenvalue weighted by atomic mass is 10.2. The van der Waals surface area contributed by atoms with E-state index in [1.807, 2.05) is 54.6 Å². The van der Waals surface area contributed by atoms with E-state index in [9.17, 15) is 0 Å². The predicted molar refractivity (Wildman–Crippen MR) is 108 cm³/mol. The van der Waals surface area contributed by atoms with Crippen LogP contribution in [0, 0.1) is 0 Å². The Kier molecular flexibility index (Phi) is 8.49. The molecular formula is C20H25N3OS. The number of hydrazone groups is 1. The van der Waals surface area contributed by atoms with Gasteiger partial charge in [0.2, 0.25) is 0 Å². The maximum absolute atomic E-state index is 5.69. The second-order valence-electron chi connectivity index (χ2n) is 5.66. The Morgan fingerprint density at radius 2 is 1.84 bits per heavy atom. The van der Waals surface area contributed by atoms with Crippen LogP contribution in [-0.4, -0.2) is 17.9 Å². The van der Waals surface area contributed by atoms with Gasteiger partial charge in [0, 0.05) is 6.54 Å². The number of benzene rings is 2. The summed E-state index contributed by atoms with van der Waals surface area (Å²) in [5.41, 5.74) is 4.98. The highest BCUT2D eigenvalue weighted by Gasteiger charge is 1.96. The SMILES string of the molecule is CCCCCOc1ccc(/C=N/NC(=S)NCc2ccccc2)cc1. The van der Waals surface area contributed by atoms with E-state index in [4.69, 9.17) is 17.0 Å². The summed E-state index contributed by atoms with van der Waals surface area (Å²) in [5, 5.41) is 7.76. The van der Waals surface area contributed by atoms with Crippen LogP contribution >= 0.6 is 12.2 Å². The van der Waals surface area contributed by atoms with Gasteiger partial charge < -0.3 is 10.1 Å². The molecular weight excluding hydrogens is 330 g/mol. The number of rotatable bonds is 9. The molecule has 4 nitrogen and oxygen atoms in total. The summed E-state index contributed by atoms with van der Waals surface area (Å²) in [6, 6.07) is 18.0. The minimum Gasteiger partial charge on any atom is -0.494 e. The molecule has 0 aliphatic rings. The number of ether oxygens (including phenoxy) is 1. The fraction of sp³-hybridized carbons (Fsp3) is 0.300. The van der Waals surface area contributed by atoms with Gasteiger partial charge in [-0.1, -0.05) is 50.1 Å². The standard InChI is InChI=1S/C20H25N3OS/c1-2-3-7-14-24-19-12-10-18(11-13-19)16-22-23-20(25)21-15-17-8-5-4-6-9-17/h4-6,8-13,16H,2-3,7,14-15H2,1H3,(H2,21,23,25)/b22-16+. The van der Waals surface area contributed by atoms with Gasteiger partial charge in [0.1, 0.15) is 5.75 Å². The van der Waals surface area contributed by atoms with E-state index in [-0.39, 0.29) is 0 Å². The van der Waals surface area contributed by atoms with Gasteiger partial charge in [-0.15, -0.1) is 0 Å². The molecule has 0 amide bonds. The molecule has 2 aromatic carbocycles. The highest BCUT2D eigenvalue weighted by molar-refractivity contribution is 7.80. The molecule has 0 saturated carbocycles. The minimum atomic E-state index is 0.496. The molecule has 0 radical (unpaired) electrons. The van der Waals surface area contributed by atoms with Crippen LogP contribution in [0.15, 0.2) is 59.7 Å². The smallest absolute Gasteiger partial charge is 0.187 e. The van der Waals surface area contributed by atoms with Crippen molar-refractivity contribution in [2.75, 3.05) is 6.61 Å². The monoisotopic (exact) mass is 355 g/mol. The summed E-state index contributed by atoms with van der Waals surface area (Å²) in [6.07, 6.45) is 5.23. The van der Waals surface area contributed by atoms with Crippen molar-refractivity contribution in [1.29, 1.82) is 0 Å². The molecule has 0 unspecified atom stereocenters. The van der Waals surface area contributed by atoms with Gasteiger partial charge in [0.25, 0.3) is 0 Å². The van der Waals surface area contributed by atoms with Crippen LogP contribution in [-0.2, 0) is 6.54 Å². The third-order valence-corrected chi connectivity index (χ3v) is 3.81.